The third kappa shape index (κ3) is 4.63. The Morgan fingerprint density at radius 2 is 1.84 bits per heavy atom. The van der Waals surface area contributed by atoms with Crippen molar-refractivity contribution in [1.29, 1.82) is 0 Å². The minimum Gasteiger partial charge on any atom is -0.495 e. The second-order valence-corrected chi connectivity index (χ2v) is 6.73. The van der Waals surface area contributed by atoms with Crippen LogP contribution in [0, 0.1) is 0 Å². The topological polar surface area (TPSA) is 93.7 Å². The van der Waals surface area contributed by atoms with Crippen LogP contribution in [-0.4, -0.2) is 28.0 Å². The zero-order chi connectivity index (χ0) is 18.4. The predicted octanol–water partition coefficient (Wildman–Crippen LogP) is 2.85. The van der Waals surface area contributed by atoms with Crippen LogP contribution in [0.25, 0.3) is 0 Å². The number of carbonyl (C=O) groups excluding carboxylic acids is 1. The molecule has 0 aromatic heterocycles. The van der Waals surface area contributed by atoms with E-state index in [1.165, 1.54) is 26.2 Å². The maximum Gasteiger partial charge on any atom is 0.265 e. The summed E-state index contributed by atoms with van der Waals surface area (Å²) in [5, 5.41) is 2.55. The SMILES string of the molecule is CCOc1ccccc1NS(=O)(=O)c1cc(NC(C)=O)ccc1OC. The molecule has 0 bridgehead atoms. The van der Waals surface area contributed by atoms with E-state index in [2.05, 4.69) is 10.0 Å². The molecule has 2 aromatic carbocycles. The number of anilines is 2. The van der Waals surface area contributed by atoms with Crippen LogP contribution < -0.4 is 19.5 Å². The van der Waals surface area contributed by atoms with Crippen LogP contribution in [0.3, 0.4) is 0 Å². The van der Waals surface area contributed by atoms with E-state index in [9.17, 15) is 13.2 Å². The summed E-state index contributed by atoms with van der Waals surface area (Å²) in [4.78, 5) is 11.1. The van der Waals surface area contributed by atoms with Gasteiger partial charge in [0, 0.05) is 12.6 Å². The summed E-state index contributed by atoms with van der Waals surface area (Å²) in [6.45, 7) is 3.56. The van der Waals surface area contributed by atoms with Gasteiger partial charge in [0.1, 0.15) is 16.4 Å². The van der Waals surface area contributed by atoms with Crippen LogP contribution >= 0.6 is 0 Å². The van der Waals surface area contributed by atoms with Crippen molar-refractivity contribution in [3.05, 3.63) is 42.5 Å². The zero-order valence-electron chi connectivity index (χ0n) is 14.2. The lowest BCUT2D eigenvalue weighted by Gasteiger charge is -2.15. The number of hydrogen-bond donors (Lipinski definition) is 2. The fourth-order valence-corrected chi connectivity index (χ4v) is 3.47. The third-order valence-electron chi connectivity index (χ3n) is 3.20. The molecule has 2 aromatic rings. The molecule has 1 amide bonds. The maximum absolute atomic E-state index is 12.8. The van der Waals surface area contributed by atoms with E-state index in [1.807, 2.05) is 6.92 Å². The highest BCUT2D eigenvalue weighted by Crippen LogP contribution is 2.31. The van der Waals surface area contributed by atoms with Gasteiger partial charge in [-0.25, -0.2) is 8.42 Å². The van der Waals surface area contributed by atoms with Gasteiger partial charge in [-0.05, 0) is 37.3 Å². The number of methoxy groups -OCH3 is 1. The Morgan fingerprint density at radius 3 is 2.48 bits per heavy atom. The number of hydrogen-bond acceptors (Lipinski definition) is 5. The molecule has 2 N–H and O–H groups in total. The van der Waals surface area contributed by atoms with Gasteiger partial charge in [-0.1, -0.05) is 12.1 Å². The number of rotatable bonds is 7. The Morgan fingerprint density at radius 1 is 1.12 bits per heavy atom. The Bertz CT molecular complexity index is 865. The van der Waals surface area contributed by atoms with Crippen LogP contribution in [-0.2, 0) is 14.8 Å². The highest BCUT2D eigenvalue weighted by atomic mass is 32.2. The van der Waals surface area contributed by atoms with Crippen molar-refractivity contribution in [3.8, 4) is 11.5 Å². The summed E-state index contributed by atoms with van der Waals surface area (Å²) in [5.41, 5.74) is 0.670. The van der Waals surface area contributed by atoms with Gasteiger partial charge in [0.15, 0.2) is 0 Å². The summed E-state index contributed by atoms with van der Waals surface area (Å²) < 4.78 is 38.7. The number of nitrogens with one attached hydrogen (secondary N) is 2. The Balaban J connectivity index is 2.43. The first-order valence-electron chi connectivity index (χ1n) is 7.57. The van der Waals surface area contributed by atoms with Gasteiger partial charge in [0.2, 0.25) is 5.91 Å². The summed E-state index contributed by atoms with van der Waals surface area (Å²) in [6.07, 6.45) is 0. The van der Waals surface area contributed by atoms with Gasteiger partial charge < -0.3 is 14.8 Å². The lowest BCUT2D eigenvalue weighted by Crippen LogP contribution is -2.16. The first kappa shape index (κ1) is 18.6. The summed E-state index contributed by atoms with van der Waals surface area (Å²) in [6, 6.07) is 11.1. The molecule has 0 spiro atoms. The molecule has 134 valence electrons. The number of sulfonamides is 1. The lowest BCUT2D eigenvalue weighted by molar-refractivity contribution is -0.114. The number of para-hydroxylation sites is 2. The monoisotopic (exact) mass is 364 g/mol. The highest BCUT2D eigenvalue weighted by molar-refractivity contribution is 7.92. The zero-order valence-corrected chi connectivity index (χ0v) is 15.0. The normalized spacial score (nSPS) is 10.8. The molecule has 0 radical (unpaired) electrons. The van der Waals surface area contributed by atoms with Crippen molar-refractivity contribution in [2.75, 3.05) is 23.8 Å². The standard InChI is InChI=1S/C17H20N2O5S/c1-4-24-15-8-6-5-7-14(15)19-25(21,22)17-11-13(18-12(2)20)9-10-16(17)23-3/h5-11,19H,4H2,1-3H3,(H,18,20). The molecule has 0 aliphatic heterocycles. The summed E-state index contributed by atoms with van der Waals surface area (Å²) in [7, 11) is -2.59. The molecule has 0 unspecified atom stereocenters. The number of carbonyl (C=O) groups is 1. The molecule has 0 atom stereocenters. The molecule has 25 heavy (non-hydrogen) atoms. The molecular formula is C17H20N2O5S. The van der Waals surface area contributed by atoms with Crippen molar-refractivity contribution in [1.82, 2.24) is 0 Å². The lowest BCUT2D eigenvalue weighted by atomic mass is 10.3. The molecule has 0 aliphatic rings. The van der Waals surface area contributed by atoms with Crippen LogP contribution in [0.15, 0.2) is 47.4 Å². The van der Waals surface area contributed by atoms with Crippen molar-refractivity contribution in [2.45, 2.75) is 18.7 Å². The summed E-state index contributed by atoms with van der Waals surface area (Å²) >= 11 is 0. The molecule has 0 saturated carbocycles. The largest absolute Gasteiger partial charge is 0.495 e. The second-order valence-electron chi connectivity index (χ2n) is 5.08. The average molecular weight is 364 g/mol. The van der Waals surface area contributed by atoms with Gasteiger partial charge in [0.05, 0.1) is 19.4 Å². The van der Waals surface area contributed by atoms with Gasteiger partial charge in [-0.15, -0.1) is 0 Å². The molecule has 0 aliphatic carbocycles. The van der Waals surface area contributed by atoms with Crippen molar-refractivity contribution in [2.24, 2.45) is 0 Å². The van der Waals surface area contributed by atoms with Crippen LogP contribution in [0.5, 0.6) is 11.5 Å². The van der Waals surface area contributed by atoms with Crippen molar-refractivity contribution < 1.29 is 22.7 Å². The summed E-state index contributed by atoms with van der Waals surface area (Å²) in [5.74, 6) is 0.282. The second kappa shape index (κ2) is 7.89. The van der Waals surface area contributed by atoms with E-state index in [0.717, 1.165) is 0 Å². The highest BCUT2D eigenvalue weighted by Gasteiger charge is 2.22. The minimum absolute atomic E-state index is 0.0902. The quantitative estimate of drug-likeness (QED) is 0.788. The molecule has 0 saturated heterocycles. The first-order valence-corrected chi connectivity index (χ1v) is 9.06. The van der Waals surface area contributed by atoms with E-state index in [0.29, 0.717) is 23.7 Å². The Labute approximate surface area is 147 Å². The fraction of sp³-hybridized carbons (Fsp3) is 0.235. The average Bonchev–Trinajstić information content (AvgIpc) is 2.56. The maximum atomic E-state index is 12.8. The van der Waals surface area contributed by atoms with E-state index < -0.39 is 10.0 Å². The molecular weight excluding hydrogens is 344 g/mol. The number of benzene rings is 2. The molecule has 0 fully saturated rings. The smallest absolute Gasteiger partial charge is 0.265 e. The molecule has 7 nitrogen and oxygen atoms in total. The Kier molecular flexibility index (Phi) is 5.87. The van der Waals surface area contributed by atoms with E-state index in [-0.39, 0.29) is 16.6 Å². The number of amides is 1. The van der Waals surface area contributed by atoms with Crippen LogP contribution in [0.1, 0.15) is 13.8 Å². The molecule has 2 rings (SSSR count). The Hall–Kier alpha value is -2.74. The molecule has 8 heteroatoms. The number of ether oxygens (including phenoxy) is 2. The van der Waals surface area contributed by atoms with E-state index >= 15 is 0 Å². The van der Waals surface area contributed by atoms with Gasteiger partial charge in [-0.2, -0.15) is 0 Å². The third-order valence-corrected chi connectivity index (χ3v) is 4.59. The molecule has 0 heterocycles. The van der Waals surface area contributed by atoms with E-state index in [4.69, 9.17) is 9.47 Å². The van der Waals surface area contributed by atoms with Gasteiger partial charge in [0.25, 0.3) is 10.0 Å². The van der Waals surface area contributed by atoms with Crippen molar-refractivity contribution >= 4 is 27.3 Å². The van der Waals surface area contributed by atoms with Gasteiger partial charge in [-0.3, -0.25) is 9.52 Å². The minimum atomic E-state index is -3.96. The van der Waals surface area contributed by atoms with E-state index in [1.54, 1.807) is 30.3 Å². The van der Waals surface area contributed by atoms with Crippen LogP contribution in [0.4, 0.5) is 11.4 Å². The van der Waals surface area contributed by atoms with Crippen molar-refractivity contribution in [3.63, 3.8) is 0 Å². The predicted molar refractivity (Wildman–Crippen MR) is 95.7 cm³/mol. The van der Waals surface area contributed by atoms with Gasteiger partial charge >= 0.3 is 0 Å². The van der Waals surface area contributed by atoms with Crippen LogP contribution in [0.2, 0.25) is 0 Å². The fourth-order valence-electron chi connectivity index (χ4n) is 2.20. The first-order chi connectivity index (χ1) is 11.9.